The summed E-state index contributed by atoms with van der Waals surface area (Å²) in [5.41, 5.74) is 0. The molecule has 2 heterocycles. The Labute approximate surface area is 113 Å². The second-order valence-electron chi connectivity index (χ2n) is 3.30. The summed E-state index contributed by atoms with van der Waals surface area (Å²) in [6.45, 7) is 2.47. The van der Waals surface area contributed by atoms with Crippen LogP contribution in [0, 0.1) is 0 Å². The molecule has 94 valence electrons. The summed E-state index contributed by atoms with van der Waals surface area (Å²) in [6, 6.07) is 7.17. The van der Waals surface area contributed by atoms with Crippen LogP contribution in [0.1, 0.15) is 16.6 Å². The van der Waals surface area contributed by atoms with E-state index in [1.807, 2.05) is 24.4 Å². The molecule has 6 heteroatoms. The number of carbonyl (C=O) groups is 1. The molecule has 0 radical (unpaired) electrons. The summed E-state index contributed by atoms with van der Waals surface area (Å²) >= 11 is 2.63. The molecule has 0 amide bonds. The molecule has 0 aromatic carbocycles. The molecule has 2 rings (SSSR count). The fraction of sp³-hybridized carbons (Fsp3) is 0.167. The molecule has 0 aliphatic rings. The quantitative estimate of drug-likeness (QED) is 0.910. The number of hydrogen-bond donors (Lipinski definition) is 1. The van der Waals surface area contributed by atoms with Crippen molar-refractivity contribution in [2.24, 2.45) is 0 Å². The molecule has 0 saturated carbocycles. The maximum Gasteiger partial charge on any atom is 0.345 e. The minimum atomic E-state index is -0.900. The number of ether oxygens (including phenoxy) is 1. The first-order valence-corrected chi connectivity index (χ1v) is 6.98. The van der Waals surface area contributed by atoms with Gasteiger partial charge in [0.25, 0.3) is 0 Å². The second-order valence-corrected chi connectivity index (χ2v) is 5.31. The van der Waals surface area contributed by atoms with E-state index in [2.05, 4.69) is 4.98 Å². The lowest BCUT2D eigenvalue weighted by atomic mass is 10.5. The first-order valence-electron chi connectivity index (χ1n) is 5.28. The molecule has 0 bridgehead atoms. The van der Waals surface area contributed by atoms with E-state index in [0.717, 1.165) is 9.92 Å². The number of aromatic nitrogens is 1. The average molecular weight is 281 g/mol. The van der Waals surface area contributed by atoms with Crippen LogP contribution < -0.4 is 4.74 Å². The molecule has 2 aromatic heterocycles. The van der Waals surface area contributed by atoms with E-state index < -0.39 is 5.97 Å². The highest BCUT2D eigenvalue weighted by Crippen LogP contribution is 2.31. The van der Waals surface area contributed by atoms with Gasteiger partial charge in [-0.25, -0.2) is 9.78 Å². The smallest absolute Gasteiger partial charge is 0.345 e. The number of aromatic carboxylic acids is 1. The van der Waals surface area contributed by atoms with Crippen molar-refractivity contribution in [3.8, 4) is 5.88 Å². The number of hydrogen-bond acceptors (Lipinski definition) is 5. The van der Waals surface area contributed by atoms with E-state index in [0.29, 0.717) is 17.4 Å². The Kier molecular flexibility index (Phi) is 4.22. The zero-order valence-electron chi connectivity index (χ0n) is 9.62. The van der Waals surface area contributed by atoms with Gasteiger partial charge in [0.05, 0.1) is 6.61 Å². The fourth-order valence-electron chi connectivity index (χ4n) is 1.29. The molecular formula is C12H11NO3S2. The monoisotopic (exact) mass is 281 g/mol. The number of rotatable bonds is 5. The summed E-state index contributed by atoms with van der Waals surface area (Å²) < 4.78 is 5.31. The Morgan fingerprint density at radius 2 is 2.39 bits per heavy atom. The van der Waals surface area contributed by atoms with Crippen molar-refractivity contribution in [3.05, 3.63) is 34.5 Å². The SMILES string of the molecule is CCOc1cccc(Sc2csc(C(=O)O)c2)n1. The molecular weight excluding hydrogens is 270 g/mol. The van der Waals surface area contributed by atoms with Crippen LogP contribution in [0.3, 0.4) is 0 Å². The predicted molar refractivity (Wildman–Crippen MR) is 70.8 cm³/mol. The first-order chi connectivity index (χ1) is 8.69. The third kappa shape index (κ3) is 3.24. The van der Waals surface area contributed by atoms with Gasteiger partial charge in [-0.2, -0.15) is 0 Å². The topological polar surface area (TPSA) is 59.4 Å². The maximum atomic E-state index is 10.8. The van der Waals surface area contributed by atoms with Gasteiger partial charge in [-0.1, -0.05) is 17.8 Å². The lowest BCUT2D eigenvalue weighted by Crippen LogP contribution is -1.94. The van der Waals surface area contributed by atoms with Crippen LogP contribution in [-0.2, 0) is 0 Å². The molecule has 0 aliphatic heterocycles. The molecule has 18 heavy (non-hydrogen) atoms. The van der Waals surface area contributed by atoms with E-state index in [-0.39, 0.29) is 0 Å². The van der Waals surface area contributed by atoms with E-state index in [1.54, 1.807) is 12.1 Å². The second kappa shape index (κ2) is 5.88. The number of carboxylic acids is 1. The molecule has 2 aromatic rings. The molecule has 0 saturated heterocycles. The molecule has 1 N–H and O–H groups in total. The van der Waals surface area contributed by atoms with Crippen molar-refractivity contribution in [3.63, 3.8) is 0 Å². The Balaban J connectivity index is 2.12. The van der Waals surface area contributed by atoms with Crippen molar-refractivity contribution in [2.75, 3.05) is 6.61 Å². The molecule has 0 fully saturated rings. The standard InChI is InChI=1S/C12H11NO3S2/c1-2-16-10-4-3-5-11(13-10)18-8-6-9(12(14)15)17-7-8/h3-7H,2H2,1H3,(H,14,15). The lowest BCUT2D eigenvalue weighted by Gasteiger charge is -2.03. The van der Waals surface area contributed by atoms with Gasteiger partial charge in [0, 0.05) is 16.3 Å². The Morgan fingerprint density at radius 1 is 1.56 bits per heavy atom. The summed E-state index contributed by atoms with van der Waals surface area (Å²) in [5, 5.41) is 11.4. The lowest BCUT2D eigenvalue weighted by molar-refractivity contribution is 0.0702. The van der Waals surface area contributed by atoms with Gasteiger partial charge in [-0.3, -0.25) is 0 Å². The van der Waals surface area contributed by atoms with E-state index in [4.69, 9.17) is 9.84 Å². The van der Waals surface area contributed by atoms with Crippen LogP contribution in [0.5, 0.6) is 5.88 Å². The normalized spacial score (nSPS) is 10.3. The highest BCUT2D eigenvalue weighted by atomic mass is 32.2. The van der Waals surface area contributed by atoms with E-state index >= 15 is 0 Å². The van der Waals surface area contributed by atoms with Crippen molar-refractivity contribution >= 4 is 29.1 Å². The van der Waals surface area contributed by atoms with E-state index in [9.17, 15) is 4.79 Å². The minimum Gasteiger partial charge on any atom is -0.478 e. The van der Waals surface area contributed by atoms with Crippen molar-refractivity contribution in [1.29, 1.82) is 0 Å². The molecule has 0 unspecified atom stereocenters. The van der Waals surface area contributed by atoms with Gasteiger partial charge >= 0.3 is 5.97 Å². The number of nitrogens with zero attached hydrogens (tertiary/aromatic N) is 1. The number of thiophene rings is 1. The zero-order chi connectivity index (χ0) is 13.0. The molecule has 4 nitrogen and oxygen atoms in total. The van der Waals surface area contributed by atoms with Gasteiger partial charge in [-0.05, 0) is 19.1 Å². The van der Waals surface area contributed by atoms with Gasteiger partial charge in [-0.15, -0.1) is 11.3 Å². The van der Waals surface area contributed by atoms with Crippen molar-refractivity contribution in [1.82, 2.24) is 4.98 Å². The summed E-state index contributed by atoms with van der Waals surface area (Å²) in [6.07, 6.45) is 0. The Hall–Kier alpha value is -1.53. The molecule has 0 atom stereocenters. The third-order valence-corrected chi connectivity index (χ3v) is 3.97. The molecule has 0 spiro atoms. The summed E-state index contributed by atoms with van der Waals surface area (Å²) in [7, 11) is 0. The maximum absolute atomic E-state index is 10.8. The van der Waals surface area contributed by atoms with Gasteiger partial charge in [0.1, 0.15) is 9.90 Å². The van der Waals surface area contributed by atoms with Crippen LogP contribution in [0.2, 0.25) is 0 Å². The summed E-state index contributed by atoms with van der Waals surface area (Å²) in [5.74, 6) is -0.320. The first kappa shape index (κ1) is 12.9. The zero-order valence-corrected chi connectivity index (χ0v) is 11.3. The number of carboxylic acid groups (broad SMARTS) is 1. The predicted octanol–water partition coefficient (Wildman–Crippen LogP) is 3.39. The van der Waals surface area contributed by atoms with Crippen molar-refractivity contribution < 1.29 is 14.6 Å². The third-order valence-electron chi connectivity index (χ3n) is 2.00. The van der Waals surface area contributed by atoms with Gasteiger partial charge in [0.15, 0.2) is 0 Å². The van der Waals surface area contributed by atoms with Crippen LogP contribution in [0.25, 0.3) is 0 Å². The van der Waals surface area contributed by atoms with Crippen LogP contribution in [0.15, 0.2) is 39.6 Å². The average Bonchev–Trinajstić information content (AvgIpc) is 2.78. The minimum absolute atomic E-state index is 0.332. The van der Waals surface area contributed by atoms with Gasteiger partial charge < -0.3 is 9.84 Å². The Morgan fingerprint density at radius 3 is 3.06 bits per heavy atom. The highest BCUT2D eigenvalue weighted by molar-refractivity contribution is 7.99. The molecule has 0 aliphatic carbocycles. The van der Waals surface area contributed by atoms with Crippen LogP contribution in [0.4, 0.5) is 0 Å². The number of pyridine rings is 1. The van der Waals surface area contributed by atoms with Crippen LogP contribution >= 0.6 is 23.1 Å². The highest BCUT2D eigenvalue weighted by Gasteiger charge is 2.08. The van der Waals surface area contributed by atoms with Crippen LogP contribution in [-0.4, -0.2) is 22.7 Å². The summed E-state index contributed by atoms with van der Waals surface area (Å²) in [4.78, 5) is 16.3. The largest absolute Gasteiger partial charge is 0.478 e. The fourth-order valence-corrected chi connectivity index (χ4v) is 3.01. The van der Waals surface area contributed by atoms with Crippen molar-refractivity contribution in [2.45, 2.75) is 16.8 Å². The van der Waals surface area contributed by atoms with E-state index in [1.165, 1.54) is 23.1 Å². The van der Waals surface area contributed by atoms with Gasteiger partial charge in [0.2, 0.25) is 5.88 Å². The Bertz CT molecular complexity index is 554.